The molecule has 1 aromatic carbocycles. The molecular weight excluding hydrogens is 270 g/mol. The Balaban J connectivity index is 2.33. The molecule has 2 aromatic rings. The van der Waals surface area contributed by atoms with Crippen molar-refractivity contribution < 1.29 is 18.7 Å². The van der Waals surface area contributed by atoms with Crippen molar-refractivity contribution in [2.24, 2.45) is 0 Å². The molecule has 0 fully saturated rings. The molecule has 0 spiro atoms. The van der Waals surface area contributed by atoms with Gasteiger partial charge in [0, 0.05) is 31.7 Å². The van der Waals surface area contributed by atoms with Gasteiger partial charge in [0.2, 0.25) is 0 Å². The van der Waals surface area contributed by atoms with Crippen LogP contribution in [0.1, 0.15) is 23.0 Å². The summed E-state index contributed by atoms with van der Waals surface area (Å²) in [7, 11) is 4.98. The summed E-state index contributed by atoms with van der Waals surface area (Å²) in [6.07, 6.45) is -0.0243. The second kappa shape index (κ2) is 6.18. The number of furan rings is 1. The van der Waals surface area contributed by atoms with Crippen LogP contribution in [-0.2, 0) is 4.74 Å². The van der Waals surface area contributed by atoms with Gasteiger partial charge in [-0.25, -0.2) is 0 Å². The number of rotatable bonds is 5. The molecule has 0 bridgehead atoms. The molecule has 0 aliphatic heterocycles. The van der Waals surface area contributed by atoms with Crippen LogP contribution < -0.4 is 4.74 Å². The smallest absolute Gasteiger partial charge is 0.289 e. The third kappa shape index (κ3) is 3.03. The molecule has 0 aliphatic rings. The van der Waals surface area contributed by atoms with Crippen LogP contribution in [0.3, 0.4) is 0 Å². The predicted molar refractivity (Wildman–Crippen MR) is 80.9 cm³/mol. The number of hydrogen-bond acceptors (Lipinski definition) is 4. The molecular formula is C16H21NO4. The highest BCUT2D eigenvalue weighted by atomic mass is 16.5. The molecule has 0 saturated heterocycles. The molecule has 0 saturated carbocycles. The minimum absolute atomic E-state index is 0.0243. The first-order valence-electron chi connectivity index (χ1n) is 6.83. The summed E-state index contributed by atoms with van der Waals surface area (Å²) < 4.78 is 16.1. The first-order valence-corrected chi connectivity index (χ1v) is 6.83. The van der Waals surface area contributed by atoms with E-state index in [1.165, 1.54) is 0 Å². The number of carbonyl (C=O) groups is 1. The Hall–Kier alpha value is -2.01. The molecule has 0 aliphatic carbocycles. The number of fused-ring (bicyclic) bond motifs is 1. The largest absolute Gasteiger partial charge is 0.497 e. The van der Waals surface area contributed by atoms with E-state index in [4.69, 9.17) is 13.9 Å². The summed E-state index contributed by atoms with van der Waals surface area (Å²) >= 11 is 0. The topological polar surface area (TPSA) is 51.9 Å². The Morgan fingerprint density at radius 2 is 2.10 bits per heavy atom. The van der Waals surface area contributed by atoms with Gasteiger partial charge in [0.25, 0.3) is 5.91 Å². The first-order chi connectivity index (χ1) is 9.97. The molecule has 1 unspecified atom stereocenters. The minimum atomic E-state index is -0.147. The van der Waals surface area contributed by atoms with E-state index in [9.17, 15) is 4.79 Å². The van der Waals surface area contributed by atoms with Gasteiger partial charge in [-0.2, -0.15) is 0 Å². The van der Waals surface area contributed by atoms with Crippen molar-refractivity contribution in [1.82, 2.24) is 4.90 Å². The highest BCUT2D eigenvalue weighted by Crippen LogP contribution is 2.29. The number of likely N-dealkylation sites (N-methyl/N-ethyl adjacent to an activating group) is 1. The van der Waals surface area contributed by atoms with Gasteiger partial charge in [-0.05, 0) is 32.0 Å². The molecule has 1 heterocycles. The molecule has 0 N–H and O–H groups in total. The Labute approximate surface area is 124 Å². The van der Waals surface area contributed by atoms with Crippen LogP contribution >= 0.6 is 0 Å². The maximum Gasteiger partial charge on any atom is 0.289 e. The number of nitrogens with zero attached hydrogens (tertiary/aromatic N) is 1. The molecule has 1 aromatic heterocycles. The number of methoxy groups -OCH3 is 2. The maximum absolute atomic E-state index is 12.5. The van der Waals surface area contributed by atoms with Crippen LogP contribution in [0.4, 0.5) is 0 Å². The lowest BCUT2D eigenvalue weighted by Gasteiger charge is -2.19. The van der Waals surface area contributed by atoms with E-state index in [0.29, 0.717) is 17.9 Å². The lowest BCUT2D eigenvalue weighted by molar-refractivity contribution is 0.0576. The van der Waals surface area contributed by atoms with Gasteiger partial charge in [-0.3, -0.25) is 4.79 Å². The summed E-state index contributed by atoms with van der Waals surface area (Å²) in [5.74, 6) is 0.961. The van der Waals surface area contributed by atoms with Gasteiger partial charge >= 0.3 is 0 Å². The summed E-state index contributed by atoms with van der Waals surface area (Å²) in [5.41, 5.74) is 1.51. The number of aryl methyl sites for hydroxylation is 1. The Bertz CT molecular complexity index is 647. The van der Waals surface area contributed by atoms with Crippen molar-refractivity contribution in [3.8, 4) is 5.75 Å². The molecule has 5 heteroatoms. The monoisotopic (exact) mass is 291 g/mol. The van der Waals surface area contributed by atoms with E-state index < -0.39 is 0 Å². The average molecular weight is 291 g/mol. The molecule has 5 nitrogen and oxygen atoms in total. The fourth-order valence-electron chi connectivity index (χ4n) is 2.25. The van der Waals surface area contributed by atoms with Crippen LogP contribution in [0.15, 0.2) is 22.6 Å². The second-order valence-electron chi connectivity index (χ2n) is 5.15. The van der Waals surface area contributed by atoms with Crippen molar-refractivity contribution in [2.75, 3.05) is 27.8 Å². The highest BCUT2D eigenvalue weighted by Gasteiger charge is 2.22. The van der Waals surface area contributed by atoms with E-state index in [1.807, 2.05) is 32.0 Å². The fraction of sp³-hybridized carbons (Fsp3) is 0.438. The summed E-state index contributed by atoms with van der Waals surface area (Å²) in [6, 6.07) is 5.51. The number of ether oxygens (including phenoxy) is 2. The van der Waals surface area contributed by atoms with E-state index in [-0.39, 0.29) is 12.0 Å². The normalized spacial score (nSPS) is 12.4. The van der Waals surface area contributed by atoms with Crippen LogP contribution in [0, 0.1) is 6.92 Å². The summed E-state index contributed by atoms with van der Waals surface area (Å²) in [6.45, 7) is 4.31. The summed E-state index contributed by atoms with van der Waals surface area (Å²) in [4.78, 5) is 14.1. The second-order valence-corrected chi connectivity index (χ2v) is 5.15. The number of carbonyl (C=O) groups excluding carboxylic acids is 1. The highest BCUT2D eigenvalue weighted by molar-refractivity contribution is 5.99. The Morgan fingerprint density at radius 1 is 1.38 bits per heavy atom. The van der Waals surface area contributed by atoms with Crippen LogP contribution in [-0.4, -0.2) is 44.7 Å². The third-order valence-electron chi connectivity index (χ3n) is 3.62. The maximum atomic E-state index is 12.5. The third-order valence-corrected chi connectivity index (χ3v) is 3.62. The van der Waals surface area contributed by atoms with E-state index in [1.54, 1.807) is 26.2 Å². The zero-order valence-electron chi connectivity index (χ0n) is 13.1. The van der Waals surface area contributed by atoms with E-state index >= 15 is 0 Å². The predicted octanol–water partition coefficient (Wildman–Crippen LogP) is 2.86. The van der Waals surface area contributed by atoms with Crippen molar-refractivity contribution in [3.63, 3.8) is 0 Å². The quantitative estimate of drug-likeness (QED) is 0.850. The zero-order chi connectivity index (χ0) is 15.6. The van der Waals surface area contributed by atoms with Crippen molar-refractivity contribution in [1.29, 1.82) is 0 Å². The van der Waals surface area contributed by atoms with Crippen molar-refractivity contribution in [3.05, 3.63) is 29.5 Å². The standard InChI is InChI=1S/C16H21NO4/c1-10(19-4)9-17(3)16(18)15-11(2)13-8-12(20-5)6-7-14(13)21-15/h6-8,10H,9H2,1-5H3. The molecule has 0 radical (unpaired) electrons. The van der Waals surface area contributed by atoms with Crippen LogP contribution in [0.25, 0.3) is 11.0 Å². The molecule has 21 heavy (non-hydrogen) atoms. The van der Waals surface area contributed by atoms with Gasteiger partial charge in [0.15, 0.2) is 5.76 Å². The molecule has 114 valence electrons. The van der Waals surface area contributed by atoms with E-state index in [0.717, 1.165) is 16.7 Å². The van der Waals surface area contributed by atoms with Gasteiger partial charge in [-0.15, -0.1) is 0 Å². The lowest BCUT2D eigenvalue weighted by atomic mass is 10.1. The Kier molecular flexibility index (Phi) is 4.53. The molecule has 1 amide bonds. The van der Waals surface area contributed by atoms with Crippen LogP contribution in [0.5, 0.6) is 5.75 Å². The summed E-state index contributed by atoms with van der Waals surface area (Å²) in [5, 5.41) is 0.894. The molecule has 2 rings (SSSR count). The molecule has 1 atom stereocenters. The lowest BCUT2D eigenvalue weighted by Crippen LogP contribution is -2.33. The number of hydrogen-bond donors (Lipinski definition) is 0. The SMILES string of the molecule is COc1ccc2oc(C(=O)N(C)CC(C)OC)c(C)c2c1. The van der Waals surface area contributed by atoms with E-state index in [2.05, 4.69) is 0 Å². The van der Waals surface area contributed by atoms with Gasteiger partial charge in [0.05, 0.1) is 13.2 Å². The van der Waals surface area contributed by atoms with Gasteiger partial charge in [-0.1, -0.05) is 0 Å². The number of amides is 1. The minimum Gasteiger partial charge on any atom is -0.497 e. The van der Waals surface area contributed by atoms with Gasteiger partial charge < -0.3 is 18.8 Å². The van der Waals surface area contributed by atoms with Crippen LogP contribution in [0.2, 0.25) is 0 Å². The first kappa shape index (κ1) is 15.4. The fourth-order valence-corrected chi connectivity index (χ4v) is 2.25. The Morgan fingerprint density at radius 3 is 2.71 bits per heavy atom. The van der Waals surface area contributed by atoms with Crippen molar-refractivity contribution in [2.45, 2.75) is 20.0 Å². The zero-order valence-corrected chi connectivity index (χ0v) is 13.1. The van der Waals surface area contributed by atoms with Crippen molar-refractivity contribution >= 4 is 16.9 Å². The van der Waals surface area contributed by atoms with Gasteiger partial charge in [0.1, 0.15) is 11.3 Å². The average Bonchev–Trinajstić information content (AvgIpc) is 2.82. The number of benzene rings is 1.